The number of anilines is 1. The van der Waals surface area contributed by atoms with Crippen molar-refractivity contribution in [2.24, 2.45) is 0 Å². The molecule has 0 spiro atoms. The molecule has 8 heteroatoms. The maximum Gasteiger partial charge on any atom is 0.244 e. The summed E-state index contributed by atoms with van der Waals surface area (Å²) in [6.45, 7) is 0. The number of thioether (sulfide) groups is 1. The van der Waals surface area contributed by atoms with Gasteiger partial charge in [-0.05, 0) is 18.2 Å². The van der Waals surface area contributed by atoms with Crippen molar-refractivity contribution in [3.05, 3.63) is 12.1 Å². The van der Waals surface area contributed by atoms with E-state index in [-0.39, 0.29) is 22.4 Å². The molecule has 0 radical (unpaired) electrons. The lowest BCUT2D eigenvalue weighted by Gasteiger charge is -2.16. The van der Waals surface area contributed by atoms with Crippen LogP contribution in [0.1, 0.15) is 6.42 Å². The standard InChI is InChI=1S/C12H18N2O4S2/c1-17-10-6-11(18-2)12(5-9(10)13)20(15,16)14-8-3-4-19-7-8/h5-6,8,14H,3-4,7,13H2,1-2H3. The minimum Gasteiger partial charge on any atom is -0.495 e. The number of sulfonamides is 1. The number of nitrogens with two attached hydrogens (primary N) is 1. The number of hydrogen-bond donors (Lipinski definition) is 2. The van der Waals surface area contributed by atoms with Crippen molar-refractivity contribution in [2.75, 3.05) is 31.5 Å². The van der Waals surface area contributed by atoms with E-state index in [9.17, 15) is 8.42 Å². The molecular weight excluding hydrogens is 300 g/mol. The minimum atomic E-state index is -3.66. The average molecular weight is 318 g/mol. The van der Waals surface area contributed by atoms with Crippen LogP contribution < -0.4 is 19.9 Å². The molecule has 1 atom stereocenters. The number of nitrogen functional groups attached to an aromatic ring is 1. The van der Waals surface area contributed by atoms with Gasteiger partial charge in [0.2, 0.25) is 10.0 Å². The summed E-state index contributed by atoms with van der Waals surface area (Å²) < 4.78 is 37.7. The number of rotatable bonds is 5. The van der Waals surface area contributed by atoms with Crippen LogP contribution in [-0.4, -0.2) is 40.2 Å². The number of methoxy groups -OCH3 is 2. The second-order valence-corrected chi connectivity index (χ2v) is 7.26. The van der Waals surface area contributed by atoms with Gasteiger partial charge >= 0.3 is 0 Å². The van der Waals surface area contributed by atoms with Crippen LogP contribution in [0.15, 0.2) is 17.0 Å². The van der Waals surface area contributed by atoms with E-state index in [1.807, 2.05) is 0 Å². The van der Waals surface area contributed by atoms with Crippen molar-refractivity contribution in [1.29, 1.82) is 0 Å². The van der Waals surface area contributed by atoms with Gasteiger partial charge in [0.25, 0.3) is 0 Å². The molecule has 1 unspecified atom stereocenters. The van der Waals surface area contributed by atoms with Gasteiger partial charge in [0.15, 0.2) is 0 Å². The van der Waals surface area contributed by atoms with Crippen LogP contribution in [0.3, 0.4) is 0 Å². The highest BCUT2D eigenvalue weighted by Gasteiger charge is 2.27. The Hall–Kier alpha value is -1.12. The van der Waals surface area contributed by atoms with Crippen molar-refractivity contribution in [3.63, 3.8) is 0 Å². The zero-order valence-corrected chi connectivity index (χ0v) is 13.0. The molecule has 0 aliphatic carbocycles. The molecule has 6 nitrogen and oxygen atoms in total. The summed E-state index contributed by atoms with van der Waals surface area (Å²) in [4.78, 5) is 0.0372. The first-order valence-electron chi connectivity index (χ1n) is 6.09. The summed E-state index contributed by atoms with van der Waals surface area (Å²) in [6.07, 6.45) is 0.831. The molecule has 1 aliphatic heterocycles. The van der Waals surface area contributed by atoms with Crippen molar-refractivity contribution in [1.82, 2.24) is 4.72 Å². The van der Waals surface area contributed by atoms with Gasteiger partial charge in [0, 0.05) is 17.9 Å². The maximum atomic E-state index is 12.4. The molecule has 0 bridgehead atoms. The molecule has 20 heavy (non-hydrogen) atoms. The van der Waals surface area contributed by atoms with Crippen LogP contribution in [0, 0.1) is 0 Å². The van der Waals surface area contributed by atoms with E-state index >= 15 is 0 Å². The van der Waals surface area contributed by atoms with E-state index in [1.54, 1.807) is 11.8 Å². The van der Waals surface area contributed by atoms with Gasteiger partial charge in [-0.1, -0.05) is 0 Å². The molecule has 1 aliphatic rings. The third-order valence-electron chi connectivity index (χ3n) is 3.06. The van der Waals surface area contributed by atoms with E-state index in [2.05, 4.69) is 4.72 Å². The van der Waals surface area contributed by atoms with Crippen molar-refractivity contribution in [2.45, 2.75) is 17.4 Å². The summed E-state index contributed by atoms with van der Waals surface area (Å²) in [5.74, 6) is 2.36. The molecule has 0 aromatic heterocycles. The fraction of sp³-hybridized carbons (Fsp3) is 0.500. The highest BCUT2D eigenvalue weighted by molar-refractivity contribution is 7.99. The Kier molecular flexibility index (Phi) is 4.66. The molecule has 0 saturated carbocycles. The van der Waals surface area contributed by atoms with E-state index in [1.165, 1.54) is 26.4 Å². The highest BCUT2D eigenvalue weighted by Crippen LogP contribution is 2.34. The van der Waals surface area contributed by atoms with Crippen molar-refractivity contribution >= 4 is 27.5 Å². The van der Waals surface area contributed by atoms with Crippen LogP contribution in [0.2, 0.25) is 0 Å². The molecular formula is C12H18N2O4S2. The molecule has 1 aromatic rings. The number of nitrogens with one attached hydrogen (secondary N) is 1. The van der Waals surface area contributed by atoms with Gasteiger partial charge in [-0.15, -0.1) is 0 Å². The van der Waals surface area contributed by atoms with Crippen LogP contribution in [0.4, 0.5) is 5.69 Å². The zero-order chi connectivity index (χ0) is 14.8. The average Bonchev–Trinajstić information content (AvgIpc) is 2.90. The smallest absolute Gasteiger partial charge is 0.244 e. The van der Waals surface area contributed by atoms with E-state index in [0.717, 1.165) is 17.9 Å². The lowest BCUT2D eigenvalue weighted by Crippen LogP contribution is -2.34. The molecule has 2 rings (SSSR count). The molecule has 3 N–H and O–H groups in total. The van der Waals surface area contributed by atoms with Crippen LogP contribution in [-0.2, 0) is 10.0 Å². The number of ether oxygens (including phenoxy) is 2. The Morgan fingerprint density at radius 3 is 2.55 bits per heavy atom. The van der Waals surface area contributed by atoms with Crippen LogP contribution in [0.5, 0.6) is 11.5 Å². The van der Waals surface area contributed by atoms with Gasteiger partial charge < -0.3 is 15.2 Å². The molecule has 1 aromatic carbocycles. The fourth-order valence-corrected chi connectivity index (χ4v) is 4.73. The first kappa shape index (κ1) is 15.3. The molecule has 1 saturated heterocycles. The Morgan fingerprint density at radius 1 is 1.30 bits per heavy atom. The van der Waals surface area contributed by atoms with Gasteiger partial charge in [-0.25, -0.2) is 13.1 Å². The zero-order valence-electron chi connectivity index (χ0n) is 11.4. The second kappa shape index (κ2) is 6.11. The lowest BCUT2D eigenvalue weighted by atomic mass is 10.3. The van der Waals surface area contributed by atoms with Gasteiger partial charge in [0.1, 0.15) is 16.4 Å². The minimum absolute atomic E-state index is 0.0372. The molecule has 0 amide bonds. The van der Waals surface area contributed by atoms with Gasteiger partial charge in [0.05, 0.1) is 19.9 Å². The predicted molar refractivity (Wildman–Crippen MR) is 80.0 cm³/mol. The normalized spacial score (nSPS) is 19.0. The molecule has 1 heterocycles. The first-order valence-corrected chi connectivity index (χ1v) is 8.73. The topological polar surface area (TPSA) is 90.6 Å². The van der Waals surface area contributed by atoms with Crippen LogP contribution >= 0.6 is 11.8 Å². The fourth-order valence-electron chi connectivity index (χ4n) is 2.01. The van der Waals surface area contributed by atoms with E-state index in [0.29, 0.717) is 5.75 Å². The maximum absolute atomic E-state index is 12.4. The van der Waals surface area contributed by atoms with E-state index < -0.39 is 10.0 Å². The predicted octanol–water partition coefficient (Wildman–Crippen LogP) is 1.07. The van der Waals surface area contributed by atoms with Crippen molar-refractivity contribution in [3.8, 4) is 11.5 Å². The first-order chi connectivity index (χ1) is 9.47. The number of hydrogen-bond acceptors (Lipinski definition) is 6. The Morgan fingerprint density at radius 2 is 2.00 bits per heavy atom. The third-order valence-corrected chi connectivity index (χ3v) is 5.76. The quantitative estimate of drug-likeness (QED) is 0.789. The summed E-state index contributed by atoms with van der Waals surface area (Å²) in [6, 6.07) is 2.80. The SMILES string of the molecule is COc1cc(OC)c(S(=O)(=O)NC2CCSC2)cc1N. The van der Waals surface area contributed by atoms with Crippen LogP contribution in [0.25, 0.3) is 0 Å². The Bertz CT molecular complexity index is 583. The largest absolute Gasteiger partial charge is 0.495 e. The second-order valence-electron chi connectivity index (χ2n) is 4.43. The lowest BCUT2D eigenvalue weighted by molar-refractivity contribution is 0.387. The summed E-state index contributed by atoms with van der Waals surface area (Å²) in [5, 5.41) is 0. The number of benzene rings is 1. The highest BCUT2D eigenvalue weighted by atomic mass is 32.2. The molecule has 1 fully saturated rings. The van der Waals surface area contributed by atoms with Crippen molar-refractivity contribution < 1.29 is 17.9 Å². The Labute approximate surface area is 123 Å². The monoisotopic (exact) mass is 318 g/mol. The summed E-state index contributed by atoms with van der Waals surface area (Å²) in [7, 11) is -0.780. The molecule has 112 valence electrons. The third kappa shape index (κ3) is 3.13. The van der Waals surface area contributed by atoms with E-state index in [4.69, 9.17) is 15.2 Å². The van der Waals surface area contributed by atoms with Gasteiger partial charge in [-0.3, -0.25) is 0 Å². The van der Waals surface area contributed by atoms with Gasteiger partial charge in [-0.2, -0.15) is 11.8 Å². The Balaban J connectivity index is 2.36. The summed E-state index contributed by atoms with van der Waals surface area (Å²) in [5.41, 5.74) is 6.04. The summed E-state index contributed by atoms with van der Waals surface area (Å²) >= 11 is 1.73.